The summed E-state index contributed by atoms with van der Waals surface area (Å²) in [6.07, 6.45) is 1.82. The van der Waals surface area contributed by atoms with Gasteiger partial charge in [0.25, 0.3) is 0 Å². The Bertz CT molecular complexity index is 276. The largest absolute Gasteiger partial charge is 0.379 e. The molecule has 15 heavy (non-hydrogen) atoms. The van der Waals surface area contributed by atoms with Gasteiger partial charge in [-0.2, -0.15) is 0 Å². The molecule has 0 aliphatic rings. The molecule has 1 rings (SSSR count). The molecule has 1 unspecified atom stereocenters. The smallest absolute Gasteiger partial charge is 0.129 e. The first kappa shape index (κ1) is 12.4. The van der Waals surface area contributed by atoms with Crippen LogP contribution in [0.3, 0.4) is 0 Å². The van der Waals surface area contributed by atoms with Crippen LogP contribution < -0.4 is 0 Å². The van der Waals surface area contributed by atoms with E-state index in [9.17, 15) is 0 Å². The molecule has 0 radical (unpaired) electrons. The summed E-state index contributed by atoms with van der Waals surface area (Å²) < 4.78 is 10.8. The number of nitrogens with zero attached hydrogens (tertiary/aromatic N) is 1. The van der Waals surface area contributed by atoms with Gasteiger partial charge in [-0.15, -0.1) is 0 Å². The molecule has 0 amide bonds. The van der Waals surface area contributed by atoms with Crippen LogP contribution in [0.15, 0.2) is 18.3 Å². The van der Waals surface area contributed by atoms with Crippen LogP contribution >= 0.6 is 11.6 Å². The molecular formula is C11H16ClNO2. The van der Waals surface area contributed by atoms with Crippen LogP contribution in [0.1, 0.15) is 19.4 Å². The highest BCUT2D eigenvalue weighted by molar-refractivity contribution is 6.29. The summed E-state index contributed by atoms with van der Waals surface area (Å²) in [5.74, 6) is 0. The summed E-state index contributed by atoms with van der Waals surface area (Å²) >= 11 is 5.67. The molecule has 0 saturated carbocycles. The number of aromatic nitrogens is 1. The van der Waals surface area contributed by atoms with Crippen molar-refractivity contribution in [2.24, 2.45) is 0 Å². The number of hydrogen-bond donors (Lipinski definition) is 0. The van der Waals surface area contributed by atoms with Gasteiger partial charge in [0, 0.05) is 12.8 Å². The Kier molecular flexibility index (Phi) is 5.61. The second-order valence-corrected chi connectivity index (χ2v) is 3.66. The predicted molar refractivity (Wildman–Crippen MR) is 60.0 cm³/mol. The third-order valence-corrected chi connectivity index (χ3v) is 2.10. The fourth-order valence-electron chi connectivity index (χ4n) is 1.06. The molecule has 0 aliphatic heterocycles. The van der Waals surface area contributed by atoms with Crippen LogP contribution in [0.5, 0.6) is 0 Å². The van der Waals surface area contributed by atoms with Gasteiger partial charge in [0.05, 0.1) is 19.3 Å². The third-order valence-electron chi connectivity index (χ3n) is 1.88. The van der Waals surface area contributed by atoms with Crippen molar-refractivity contribution < 1.29 is 9.47 Å². The van der Waals surface area contributed by atoms with E-state index < -0.39 is 0 Å². The third kappa shape index (κ3) is 5.11. The molecule has 0 saturated heterocycles. The van der Waals surface area contributed by atoms with Crippen molar-refractivity contribution in [2.75, 3.05) is 13.2 Å². The summed E-state index contributed by atoms with van der Waals surface area (Å²) in [5.41, 5.74) is 1.02. The Labute approximate surface area is 95.4 Å². The number of ether oxygens (including phenoxy) is 2. The highest BCUT2D eigenvalue weighted by atomic mass is 35.5. The van der Waals surface area contributed by atoms with Crippen molar-refractivity contribution in [1.29, 1.82) is 0 Å². The van der Waals surface area contributed by atoms with Crippen molar-refractivity contribution in [3.8, 4) is 0 Å². The topological polar surface area (TPSA) is 31.4 Å². The molecular weight excluding hydrogens is 214 g/mol. The SMILES string of the molecule is CCOCC(C)OCc1ccc(Cl)nc1. The van der Waals surface area contributed by atoms with E-state index >= 15 is 0 Å². The van der Waals surface area contributed by atoms with E-state index in [0.717, 1.165) is 12.2 Å². The first-order valence-corrected chi connectivity index (χ1v) is 5.40. The van der Waals surface area contributed by atoms with Crippen molar-refractivity contribution in [3.05, 3.63) is 29.0 Å². The zero-order chi connectivity index (χ0) is 11.1. The zero-order valence-electron chi connectivity index (χ0n) is 9.07. The Morgan fingerprint density at radius 2 is 2.27 bits per heavy atom. The van der Waals surface area contributed by atoms with Crippen molar-refractivity contribution in [1.82, 2.24) is 4.98 Å². The molecule has 3 nitrogen and oxygen atoms in total. The minimum absolute atomic E-state index is 0.0978. The van der Waals surface area contributed by atoms with Gasteiger partial charge in [-0.25, -0.2) is 4.98 Å². The van der Waals surface area contributed by atoms with Gasteiger partial charge in [0.2, 0.25) is 0 Å². The molecule has 1 aromatic rings. The van der Waals surface area contributed by atoms with Gasteiger partial charge in [0.1, 0.15) is 5.15 Å². The van der Waals surface area contributed by atoms with Gasteiger partial charge < -0.3 is 9.47 Å². The Morgan fingerprint density at radius 3 is 2.87 bits per heavy atom. The van der Waals surface area contributed by atoms with E-state index in [4.69, 9.17) is 21.1 Å². The lowest BCUT2D eigenvalue weighted by molar-refractivity contribution is -0.0117. The summed E-state index contributed by atoms with van der Waals surface area (Å²) in [4.78, 5) is 3.97. The molecule has 0 spiro atoms. The fraction of sp³-hybridized carbons (Fsp3) is 0.545. The van der Waals surface area contributed by atoms with Gasteiger partial charge >= 0.3 is 0 Å². The minimum atomic E-state index is 0.0978. The summed E-state index contributed by atoms with van der Waals surface area (Å²) in [5, 5.41) is 0.501. The standard InChI is InChI=1S/C11H16ClNO2/c1-3-14-7-9(2)15-8-10-4-5-11(12)13-6-10/h4-6,9H,3,7-8H2,1-2H3. The lowest BCUT2D eigenvalue weighted by atomic mass is 10.3. The maximum absolute atomic E-state index is 5.67. The molecule has 0 aliphatic carbocycles. The summed E-state index contributed by atoms with van der Waals surface area (Å²) in [7, 11) is 0. The van der Waals surface area contributed by atoms with Crippen molar-refractivity contribution in [2.45, 2.75) is 26.6 Å². The van der Waals surface area contributed by atoms with Gasteiger partial charge in [0.15, 0.2) is 0 Å². The lowest BCUT2D eigenvalue weighted by Gasteiger charge is -2.12. The maximum Gasteiger partial charge on any atom is 0.129 e. The quantitative estimate of drug-likeness (QED) is 0.703. The van der Waals surface area contributed by atoms with Crippen molar-refractivity contribution in [3.63, 3.8) is 0 Å². The minimum Gasteiger partial charge on any atom is -0.379 e. The molecule has 0 bridgehead atoms. The number of halogens is 1. The Morgan fingerprint density at radius 1 is 1.47 bits per heavy atom. The molecule has 0 fully saturated rings. The van der Waals surface area contributed by atoms with Crippen LogP contribution in [0.25, 0.3) is 0 Å². The van der Waals surface area contributed by atoms with Gasteiger partial charge in [-0.05, 0) is 25.5 Å². The number of rotatable bonds is 6. The van der Waals surface area contributed by atoms with E-state index in [2.05, 4.69) is 4.98 Å². The normalized spacial score (nSPS) is 12.7. The second-order valence-electron chi connectivity index (χ2n) is 3.27. The first-order chi connectivity index (χ1) is 7.22. The fourth-order valence-corrected chi connectivity index (χ4v) is 1.17. The monoisotopic (exact) mass is 229 g/mol. The van der Waals surface area contributed by atoms with Crippen LogP contribution in [0.2, 0.25) is 5.15 Å². The second kappa shape index (κ2) is 6.77. The highest BCUT2D eigenvalue weighted by Crippen LogP contribution is 2.07. The molecule has 0 N–H and O–H groups in total. The average molecular weight is 230 g/mol. The molecule has 84 valence electrons. The zero-order valence-corrected chi connectivity index (χ0v) is 9.83. The van der Waals surface area contributed by atoms with Crippen LogP contribution in [-0.4, -0.2) is 24.3 Å². The summed E-state index contributed by atoms with van der Waals surface area (Å²) in [6.45, 7) is 5.83. The van der Waals surface area contributed by atoms with E-state index in [0.29, 0.717) is 18.4 Å². The predicted octanol–water partition coefficient (Wildman–Crippen LogP) is 2.68. The first-order valence-electron chi connectivity index (χ1n) is 5.02. The van der Waals surface area contributed by atoms with Crippen molar-refractivity contribution >= 4 is 11.6 Å². The lowest BCUT2D eigenvalue weighted by Crippen LogP contribution is -2.15. The van der Waals surface area contributed by atoms with E-state index in [1.807, 2.05) is 19.9 Å². The molecule has 1 heterocycles. The molecule has 1 atom stereocenters. The van der Waals surface area contributed by atoms with Crippen LogP contribution in [0, 0.1) is 0 Å². The Hall–Kier alpha value is -0.640. The van der Waals surface area contributed by atoms with Gasteiger partial charge in [-0.3, -0.25) is 0 Å². The molecule has 1 aromatic heterocycles. The number of hydrogen-bond acceptors (Lipinski definition) is 3. The maximum atomic E-state index is 5.67. The van der Waals surface area contributed by atoms with Crippen LogP contribution in [0.4, 0.5) is 0 Å². The Balaban J connectivity index is 2.27. The van der Waals surface area contributed by atoms with Gasteiger partial charge in [-0.1, -0.05) is 17.7 Å². The molecule has 0 aromatic carbocycles. The highest BCUT2D eigenvalue weighted by Gasteiger charge is 2.02. The van der Waals surface area contributed by atoms with E-state index in [1.54, 1.807) is 12.3 Å². The van der Waals surface area contributed by atoms with Crippen LogP contribution in [-0.2, 0) is 16.1 Å². The van der Waals surface area contributed by atoms with E-state index in [1.165, 1.54) is 0 Å². The number of pyridine rings is 1. The van der Waals surface area contributed by atoms with E-state index in [-0.39, 0.29) is 6.10 Å². The average Bonchev–Trinajstić information content (AvgIpc) is 2.25. The summed E-state index contributed by atoms with van der Waals surface area (Å²) in [6, 6.07) is 3.66. The molecule has 4 heteroatoms.